The van der Waals surface area contributed by atoms with Crippen LogP contribution in [-0.4, -0.2) is 123 Å². The number of urea groups is 2. The van der Waals surface area contributed by atoms with Crippen LogP contribution in [0.1, 0.15) is 122 Å². The van der Waals surface area contributed by atoms with Crippen molar-refractivity contribution >= 4 is 57.1 Å². The molecule has 2 N–H and O–H groups in total. The Balaban J connectivity index is 0.000000160. The van der Waals surface area contributed by atoms with Crippen molar-refractivity contribution in [1.82, 2.24) is 50.3 Å². The molecule has 78 heavy (non-hydrogen) atoms. The SMILES string of the molecule is CCC[CH2][Sn]([CH2]CCC)([CH2]CCC)[c]1ccccn1.CN(C)C1(c2ccccc2)CCC2(CC1)CN(c1cnc(-c3ccccn3)nc1)C(=O)N2.CN(C)C1(c2ccccc2)CCC2(CC1)CN(c1cnc(Cl)nc1)C(=O)N2. The van der Waals surface area contributed by atoms with Crippen LogP contribution in [0, 0.1) is 0 Å². The van der Waals surface area contributed by atoms with E-state index >= 15 is 0 Å². The topological polar surface area (TPSA) is 148 Å². The number of hydrogen-bond donors (Lipinski definition) is 2. The first-order valence-corrected chi connectivity index (χ1v) is 36.4. The predicted octanol–water partition coefficient (Wildman–Crippen LogP) is 12.4. The molecule has 2 aromatic carbocycles. The van der Waals surface area contributed by atoms with Gasteiger partial charge in [-0.25, -0.2) is 29.5 Å². The molecule has 14 nitrogen and oxygen atoms in total. The molecular weight excluding hydrogens is 1100 g/mol. The number of aromatic nitrogens is 6. The standard InChI is InChI=1S/C25H28N6O.C20H24ClN5O.C5H4N.3C4H9.Sn/c1-30(2)25(19-8-4-3-5-9-19)13-11-24(12-14-25)18-31(23(32)29-24)20-16-27-22(28-17-20)21-10-6-7-15-26-21;1-25(2)20(15-6-4-3-5-7-15)10-8-19(9-11-20)14-26(18(27)24-19)16-12-22-17(21)23-13-16;1-2-4-6-5-3-1;3*1-3-4-2;/h3-10,15-17H,11-14,18H2,1-2H3,(H,29,32);3-7,12-13H,8-11,14H2,1-2H3,(H,24,27);1-4H;3*1,3-4H2,2H3;. The van der Waals surface area contributed by atoms with Crippen molar-refractivity contribution in [1.29, 1.82) is 0 Å². The van der Waals surface area contributed by atoms with Crippen LogP contribution in [0.15, 0.2) is 134 Å². The van der Waals surface area contributed by atoms with Gasteiger partial charge in [-0.1, -0.05) is 66.7 Å². The number of nitrogens with one attached hydrogen (secondary N) is 2. The fourth-order valence-electron chi connectivity index (χ4n) is 12.7. The van der Waals surface area contributed by atoms with Gasteiger partial charge in [0.15, 0.2) is 5.82 Å². The molecule has 2 aliphatic carbocycles. The number of nitrogens with zero attached hydrogens (tertiary/aromatic N) is 10. The minimum absolute atomic E-state index is 0.00188. The van der Waals surface area contributed by atoms with Gasteiger partial charge >= 0.3 is 136 Å². The Bertz CT molecular complexity index is 2770. The van der Waals surface area contributed by atoms with Crippen LogP contribution in [0.5, 0.6) is 0 Å². The fraction of sp³-hybridized carbons (Fsp3) is 0.484. The van der Waals surface area contributed by atoms with Gasteiger partial charge in [0.05, 0.1) is 60.3 Å². The van der Waals surface area contributed by atoms with Gasteiger partial charge in [-0.05, 0) is 114 Å². The molecule has 4 amide bonds. The summed E-state index contributed by atoms with van der Waals surface area (Å²) in [4.78, 5) is 59.7. The minimum Gasteiger partial charge on any atom is -0.330 e. The maximum atomic E-state index is 12.9. The third-order valence-electron chi connectivity index (χ3n) is 17.6. The molecule has 4 aliphatic rings. The summed E-state index contributed by atoms with van der Waals surface area (Å²) in [6.07, 6.45) is 26.3. The molecule has 2 spiro atoms. The zero-order chi connectivity index (χ0) is 55.2. The molecule has 6 aromatic rings. The third kappa shape index (κ3) is 13.4. The summed E-state index contributed by atoms with van der Waals surface area (Å²) in [6, 6.07) is 33.5. The first-order chi connectivity index (χ1) is 37.7. The Morgan fingerprint density at radius 3 is 1.28 bits per heavy atom. The average Bonchev–Trinajstić information content (AvgIpc) is 4.01. The molecule has 414 valence electrons. The van der Waals surface area contributed by atoms with Crippen LogP contribution in [0.25, 0.3) is 11.5 Å². The summed E-state index contributed by atoms with van der Waals surface area (Å²) in [5.74, 6) is 0.556. The van der Waals surface area contributed by atoms with E-state index in [0.717, 1.165) is 57.1 Å². The van der Waals surface area contributed by atoms with Crippen LogP contribution in [0.3, 0.4) is 0 Å². The molecular formula is C62H83ClN12O2Sn. The Hall–Kier alpha value is -5.55. The molecule has 6 heterocycles. The fourth-order valence-corrected chi connectivity index (χ4v) is 28.2. The molecule has 2 saturated heterocycles. The smallest absolute Gasteiger partial charge is 0.322 e. The normalized spacial score (nSPS) is 22.9. The van der Waals surface area contributed by atoms with Gasteiger partial charge in [-0.3, -0.25) is 24.6 Å². The third-order valence-corrected chi connectivity index (χ3v) is 32.9. The number of unbranched alkanes of at least 4 members (excludes halogenated alkanes) is 3. The molecule has 0 unspecified atom stereocenters. The van der Waals surface area contributed by atoms with Crippen molar-refractivity contribution in [3.05, 3.63) is 151 Å². The second-order valence-corrected chi connectivity index (χ2v) is 36.1. The van der Waals surface area contributed by atoms with Crippen LogP contribution in [0.2, 0.25) is 18.6 Å². The molecule has 4 aromatic heterocycles. The van der Waals surface area contributed by atoms with Crippen molar-refractivity contribution in [2.45, 2.75) is 146 Å². The summed E-state index contributed by atoms with van der Waals surface area (Å²) in [5, 5.41) is 6.72. The van der Waals surface area contributed by atoms with E-state index < -0.39 is 18.4 Å². The van der Waals surface area contributed by atoms with Crippen LogP contribution in [0.4, 0.5) is 21.0 Å². The van der Waals surface area contributed by atoms with E-state index in [0.29, 0.717) is 30.3 Å². The van der Waals surface area contributed by atoms with Gasteiger partial charge in [-0.15, -0.1) is 0 Å². The monoisotopic (exact) mass is 1180 g/mol. The number of benzene rings is 2. The minimum atomic E-state index is -2.21. The molecule has 4 fully saturated rings. The molecule has 2 aliphatic heterocycles. The van der Waals surface area contributed by atoms with Gasteiger partial charge in [0.2, 0.25) is 5.28 Å². The molecule has 2 saturated carbocycles. The number of hydrogen-bond acceptors (Lipinski definition) is 10. The summed E-state index contributed by atoms with van der Waals surface area (Å²) in [7, 11) is 8.61. The van der Waals surface area contributed by atoms with Gasteiger partial charge in [0.1, 0.15) is 5.69 Å². The van der Waals surface area contributed by atoms with E-state index in [1.807, 2.05) is 24.4 Å². The number of amides is 4. The Labute approximate surface area is 473 Å². The van der Waals surface area contributed by atoms with Crippen molar-refractivity contribution in [2.75, 3.05) is 51.1 Å². The molecule has 10 rings (SSSR count). The Morgan fingerprint density at radius 2 is 0.910 bits per heavy atom. The number of anilines is 2. The van der Waals surface area contributed by atoms with Gasteiger partial charge < -0.3 is 10.6 Å². The van der Waals surface area contributed by atoms with Gasteiger partial charge in [0, 0.05) is 17.3 Å². The second kappa shape index (κ2) is 26.6. The average molecular weight is 1180 g/mol. The van der Waals surface area contributed by atoms with E-state index in [9.17, 15) is 9.59 Å². The van der Waals surface area contributed by atoms with E-state index in [2.05, 4.69) is 173 Å². The van der Waals surface area contributed by atoms with Crippen LogP contribution >= 0.6 is 11.6 Å². The quantitative estimate of drug-likeness (QED) is 0.0668. The number of rotatable bonds is 17. The summed E-state index contributed by atoms with van der Waals surface area (Å²) in [5.41, 5.74) is 4.39. The summed E-state index contributed by atoms with van der Waals surface area (Å²) < 4.78 is 6.10. The van der Waals surface area contributed by atoms with Crippen molar-refractivity contribution < 1.29 is 9.59 Å². The first-order valence-electron chi connectivity index (χ1n) is 28.5. The van der Waals surface area contributed by atoms with Crippen LogP contribution < -0.4 is 24.1 Å². The second-order valence-electron chi connectivity index (χ2n) is 22.7. The number of carbonyl (C=O) groups excluding carboxylic acids is 2. The summed E-state index contributed by atoms with van der Waals surface area (Å²) >= 11 is 3.56. The number of carbonyl (C=O) groups is 2. The van der Waals surface area contributed by atoms with Crippen molar-refractivity contribution in [3.63, 3.8) is 0 Å². The maximum absolute atomic E-state index is 12.9. The largest absolute Gasteiger partial charge is 0.330 e. The zero-order valence-electron chi connectivity index (χ0n) is 47.3. The Kier molecular flexibility index (Phi) is 20.0. The summed E-state index contributed by atoms with van der Waals surface area (Å²) in [6.45, 7) is 8.25. The van der Waals surface area contributed by atoms with Gasteiger partial charge in [0.25, 0.3) is 0 Å². The van der Waals surface area contributed by atoms with Crippen LogP contribution in [-0.2, 0) is 11.1 Å². The molecule has 0 atom stereocenters. The molecule has 16 heteroatoms. The van der Waals surface area contributed by atoms with E-state index in [1.165, 1.54) is 63.0 Å². The number of pyridine rings is 2. The molecule has 0 bridgehead atoms. The van der Waals surface area contributed by atoms with E-state index in [1.54, 1.807) is 44.5 Å². The van der Waals surface area contributed by atoms with E-state index in [-0.39, 0.29) is 39.5 Å². The number of halogens is 1. The predicted molar refractivity (Wildman–Crippen MR) is 319 cm³/mol. The van der Waals surface area contributed by atoms with Crippen molar-refractivity contribution in [2.24, 2.45) is 0 Å². The van der Waals surface area contributed by atoms with Gasteiger partial charge in [-0.2, -0.15) is 0 Å². The Morgan fingerprint density at radius 1 is 0.513 bits per heavy atom. The van der Waals surface area contributed by atoms with E-state index in [4.69, 9.17) is 16.6 Å². The first kappa shape index (κ1) is 58.6. The van der Waals surface area contributed by atoms with Crippen molar-refractivity contribution in [3.8, 4) is 11.5 Å². The zero-order valence-corrected chi connectivity index (χ0v) is 50.9. The maximum Gasteiger partial charge on any atom is 0.322 e. The molecule has 0 radical (unpaired) electrons.